The van der Waals surface area contributed by atoms with Crippen LogP contribution in [0.2, 0.25) is 0 Å². The van der Waals surface area contributed by atoms with Gasteiger partial charge in [0.1, 0.15) is 6.61 Å². The molecular formula is C10H14FNO2. The van der Waals surface area contributed by atoms with Crippen LogP contribution < -0.4 is 4.74 Å². The maximum atomic E-state index is 12.8. The molecule has 0 aliphatic heterocycles. The van der Waals surface area contributed by atoms with Gasteiger partial charge in [0.05, 0.1) is 6.10 Å². The molecule has 0 spiro atoms. The van der Waals surface area contributed by atoms with Gasteiger partial charge in [0, 0.05) is 13.2 Å². The smallest absolute Gasteiger partial charge is 0.216 e. The lowest BCUT2D eigenvalue weighted by atomic mass is 10.3. The molecule has 0 N–H and O–H groups in total. The second-order valence-corrected chi connectivity index (χ2v) is 3.16. The lowest BCUT2D eigenvalue weighted by molar-refractivity contribution is 0.0696. The number of rotatable bonds is 4. The Kier molecular flexibility index (Phi) is 3.83. The quantitative estimate of drug-likeness (QED) is 0.694. The normalized spacial score (nSPS) is 12.6. The highest BCUT2D eigenvalue weighted by Gasteiger charge is 2.03. The van der Waals surface area contributed by atoms with Gasteiger partial charge in [0.2, 0.25) is 11.8 Å². The molecule has 0 aliphatic carbocycles. The van der Waals surface area contributed by atoms with Crippen LogP contribution in [-0.4, -0.2) is 24.8 Å². The lowest BCUT2D eigenvalue weighted by Gasteiger charge is -2.10. The maximum Gasteiger partial charge on any atom is 0.216 e. The molecule has 0 saturated heterocycles. The van der Waals surface area contributed by atoms with Crippen molar-refractivity contribution < 1.29 is 13.9 Å². The second-order valence-electron chi connectivity index (χ2n) is 3.16. The van der Waals surface area contributed by atoms with E-state index in [1.54, 1.807) is 20.1 Å². The Morgan fingerprint density at radius 3 is 2.79 bits per heavy atom. The lowest BCUT2D eigenvalue weighted by Crippen LogP contribution is -2.16. The number of pyridine rings is 1. The fourth-order valence-electron chi connectivity index (χ4n) is 0.939. The van der Waals surface area contributed by atoms with E-state index in [1.807, 2.05) is 6.92 Å². The summed E-state index contributed by atoms with van der Waals surface area (Å²) >= 11 is 0. The Morgan fingerprint density at radius 1 is 1.50 bits per heavy atom. The first kappa shape index (κ1) is 10.9. The van der Waals surface area contributed by atoms with Crippen molar-refractivity contribution in [2.75, 3.05) is 13.7 Å². The minimum absolute atomic E-state index is 0.0274. The molecule has 3 nitrogen and oxygen atoms in total. The van der Waals surface area contributed by atoms with Gasteiger partial charge in [-0.3, -0.25) is 0 Å². The van der Waals surface area contributed by atoms with Gasteiger partial charge in [-0.1, -0.05) is 0 Å². The molecule has 14 heavy (non-hydrogen) atoms. The average Bonchev–Trinajstić information content (AvgIpc) is 2.12. The number of nitrogens with zero attached hydrogens (tertiary/aromatic N) is 1. The van der Waals surface area contributed by atoms with E-state index in [1.165, 1.54) is 6.07 Å². The molecule has 0 saturated carbocycles. The summed E-state index contributed by atoms with van der Waals surface area (Å²) in [5.41, 5.74) is 0.789. The third-order valence-corrected chi connectivity index (χ3v) is 1.78. The SMILES string of the molecule is CO[C@H](C)COc1cc(C)cc(F)n1. The Labute approximate surface area is 82.9 Å². The number of hydrogen-bond donors (Lipinski definition) is 0. The number of methoxy groups -OCH3 is 1. The molecule has 0 aliphatic rings. The number of hydrogen-bond acceptors (Lipinski definition) is 3. The van der Waals surface area contributed by atoms with E-state index in [9.17, 15) is 4.39 Å². The highest BCUT2D eigenvalue weighted by molar-refractivity contribution is 5.19. The molecule has 0 bridgehead atoms. The predicted octanol–water partition coefficient (Wildman–Crippen LogP) is 1.94. The molecule has 78 valence electrons. The highest BCUT2D eigenvalue weighted by Crippen LogP contribution is 2.11. The van der Waals surface area contributed by atoms with Crippen LogP contribution in [0.1, 0.15) is 12.5 Å². The zero-order valence-electron chi connectivity index (χ0n) is 8.58. The van der Waals surface area contributed by atoms with E-state index >= 15 is 0 Å². The van der Waals surface area contributed by atoms with Crippen molar-refractivity contribution in [3.63, 3.8) is 0 Å². The van der Waals surface area contributed by atoms with Crippen molar-refractivity contribution >= 4 is 0 Å². The highest BCUT2D eigenvalue weighted by atomic mass is 19.1. The van der Waals surface area contributed by atoms with Crippen molar-refractivity contribution in [2.45, 2.75) is 20.0 Å². The Bertz CT molecular complexity index is 284. The summed E-state index contributed by atoms with van der Waals surface area (Å²) in [7, 11) is 1.60. The van der Waals surface area contributed by atoms with Gasteiger partial charge in [0.25, 0.3) is 0 Å². The minimum atomic E-state index is -0.523. The summed E-state index contributed by atoms with van der Waals surface area (Å²) in [5.74, 6) is -0.225. The zero-order chi connectivity index (χ0) is 10.6. The van der Waals surface area contributed by atoms with Gasteiger partial charge >= 0.3 is 0 Å². The summed E-state index contributed by atoms with van der Waals surface area (Å²) in [6, 6.07) is 3.04. The van der Waals surface area contributed by atoms with E-state index < -0.39 is 5.95 Å². The van der Waals surface area contributed by atoms with Crippen LogP contribution in [0.15, 0.2) is 12.1 Å². The second kappa shape index (κ2) is 4.91. The molecule has 0 fully saturated rings. The molecule has 1 atom stereocenters. The molecule has 1 heterocycles. The predicted molar refractivity (Wildman–Crippen MR) is 50.9 cm³/mol. The van der Waals surface area contributed by atoms with Gasteiger partial charge in [-0.2, -0.15) is 9.37 Å². The van der Waals surface area contributed by atoms with Crippen molar-refractivity contribution in [2.24, 2.45) is 0 Å². The van der Waals surface area contributed by atoms with Gasteiger partial charge in [-0.05, 0) is 25.5 Å². The van der Waals surface area contributed by atoms with Crippen LogP contribution in [0.25, 0.3) is 0 Å². The Morgan fingerprint density at radius 2 is 2.21 bits per heavy atom. The number of aromatic nitrogens is 1. The first-order chi connectivity index (χ1) is 6.61. The molecule has 0 unspecified atom stereocenters. The molecule has 1 aromatic rings. The van der Waals surface area contributed by atoms with Crippen molar-refractivity contribution in [3.05, 3.63) is 23.6 Å². The van der Waals surface area contributed by atoms with Crippen LogP contribution in [0.3, 0.4) is 0 Å². The van der Waals surface area contributed by atoms with E-state index in [2.05, 4.69) is 4.98 Å². The molecular weight excluding hydrogens is 185 g/mol. The zero-order valence-corrected chi connectivity index (χ0v) is 8.58. The third kappa shape index (κ3) is 3.30. The van der Waals surface area contributed by atoms with Crippen LogP contribution in [0.5, 0.6) is 5.88 Å². The fourth-order valence-corrected chi connectivity index (χ4v) is 0.939. The first-order valence-electron chi connectivity index (χ1n) is 4.41. The summed E-state index contributed by atoms with van der Waals surface area (Å²) < 4.78 is 23.0. The average molecular weight is 199 g/mol. The van der Waals surface area contributed by atoms with E-state index in [4.69, 9.17) is 9.47 Å². The minimum Gasteiger partial charge on any atom is -0.475 e. The van der Waals surface area contributed by atoms with E-state index in [-0.39, 0.29) is 6.10 Å². The molecule has 0 aromatic carbocycles. The molecule has 1 rings (SSSR count). The van der Waals surface area contributed by atoms with Crippen molar-refractivity contribution in [3.8, 4) is 5.88 Å². The van der Waals surface area contributed by atoms with Gasteiger partial charge in [0.15, 0.2) is 0 Å². The van der Waals surface area contributed by atoms with Gasteiger partial charge in [-0.15, -0.1) is 0 Å². The van der Waals surface area contributed by atoms with Crippen molar-refractivity contribution in [1.82, 2.24) is 4.98 Å². The number of ether oxygens (including phenoxy) is 2. The van der Waals surface area contributed by atoms with Gasteiger partial charge < -0.3 is 9.47 Å². The number of halogens is 1. The molecule has 0 amide bonds. The Balaban J connectivity index is 2.58. The molecule has 1 aromatic heterocycles. The monoisotopic (exact) mass is 199 g/mol. The van der Waals surface area contributed by atoms with Crippen LogP contribution >= 0.6 is 0 Å². The van der Waals surface area contributed by atoms with Gasteiger partial charge in [-0.25, -0.2) is 0 Å². The third-order valence-electron chi connectivity index (χ3n) is 1.78. The van der Waals surface area contributed by atoms with Crippen LogP contribution in [0.4, 0.5) is 4.39 Å². The largest absolute Gasteiger partial charge is 0.475 e. The standard InChI is InChI=1S/C10H14FNO2/c1-7-4-9(11)12-10(5-7)14-6-8(2)13-3/h4-5,8H,6H2,1-3H3/t8-/m1/s1. The van der Waals surface area contributed by atoms with Crippen molar-refractivity contribution in [1.29, 1.82) is 0 Å². The van der Waals surface area contributed by atoms with E-state index in [0.29, 0.717) is 12.5 Å². The maximum absolute atomic E-state index is 12.8. The molecule has 0 radical (unpaired) electrons. The summed E-state index contributed by atoms with van der Waals surface area (Å²) in [6.07, 6.45) is -0.0274. The summed E-state index contributed by atoms with van der Waals surface area (Å²) in [6.45, 7) is 4.02. The van der Waals surface area contributed by atoms with E-state index in [0.717, 1.165) is 5.56 Å². The molecule has 4 heteroatoms. The van der Waals surface area contributed by atoms with Crippen LogP contribution in [-0.2, 0) is 4.74 Å². The topological polar surface area (TPSA) is 31.4 Å². The first-order valence-corrected chi connectivity index (χ1v) is 4.41. The Hall–Kier alpha value is -1.16. The fraction of sp³-hybridized carbons (Fsp3) is 0.500. The van der Waals surface area contributed by atoms with Crippen LogP contribution in [0, 0.1) is 12.9 Å². The number of aryl methyl sites for hydroxylation is 1. The summed E-state index contributed by atoms with van der Waals surface area (Å²) in [5, 5.41) is 0. The summed E-state index contributed by atoms with van der Waals surface area (Å²) in [4.78, 5) is 3.60.